The molecular formula is C20H32N2O8P2. The molecule has 0 spiro atoms. The number of ether oxygens (including phenoxy) is 1. The number of hydrogen-bond acceptors (Lipinski definition) is 10. The third-order valence-electron chi connectivity index (χ3n) is 4.58. The average molecular weight is 490 g/mol. The van der Waals surface area contributed by atoms with Crippen LogP contribution in [0, 0.1) is 0 Å². The van der Waals surface area contributed by atoms with E-state index >= 15 is 0 Å². The molecule has 0 saturated carbocycles. The van der Waals surface area contributed by atoms with Gasteiger partial charge >= 0.3 is 15.2 Å². The molecule has 0 fully saturated rings. The number of hydrogen-bond donors (Lipinski definition) is 1. The number of nitrogens with one attached hydrogen (secondary N) is 1. The Balaban J connectivity index is 2.48. The maximum atomic E-state index is 13.9. The molecule has 0 radical (unpaired) electrons. The van der Waals surface area contributed by atoms with Crippen LogP contribution in [-0.2, 0) is 27.2 Å². The molecule has 1 aliphatic rings. The summed E-state index contributed by atoms with van der Waals surface area (Å²) in [7, 11) is -8.35. The van der Waals surface area contributed by atoms with Gasteiger partial charge in [0.25, 0.3) is 5.02 Å². The fraction of sp³-hybridized carbons (Fsp3) is 0.600. The molecule has 1 aromatic carbocycles. The van der Waals surface area contributed by atoms with Gasteiger partial charge in [0, 0.05) is 12.0 Å². The number of rotatable bonds is 14. The van der Waals surface area contributed by atoms with Crippen molar-refractivity contribution in [3.63, 3.8) is 0 Å². The summed E-state index contributed by atoms with van der Waals surface area (Å²) < 4.78 is 55.3. The Morgan fingerprint density at radius 1 is 0.875 bits per heavy atom. The van der Waals surface area contributed by atoms with Gasteiger partial charge < -0.3 is 22.8 Å². The molecular weight excluding hydrogens is 458 g/mol. The highest BCUT2D eigenvalue weighted by atomic mass is 31.2. The Hall–Kier alpha value is -1.54. The average Bonchev–Trinajstić information content (AvgIpc) is 3.23. The Morgan fingerprint density at radius 2 is 1.34 bits per heavy atom. The van der Waals surface area contributed by atoms with Crippen molar-refractivity contribution in [3.8, 4) is 5.75 Å². The first-order chi connectivity index (χ1) is 15.3. The van der Waals surface area contributed by atoms with Gasteiger partial charge in [0.2, 0.25) is 5.78 Å². The minimum absolute atomic E-state index is 0.00780. The zero-order valence-electron chi connectivity index (χ0n) is 19.2. The van der Waals surface area contributed by atoms with Crippen LogP contribution in [0.2, 0.25) is 0 Å². The standard InChI is InChI=1S/C20H32N2O8P2/c1-6-26-17-13-11-16(12-14-17)19(23)18-15-20(22-21-18,31(24,27-7-2)28-8-3)32(25,29-9-4)30-10-5/h11-14,22H,6-10,15H2,1-5H3. The van der Waals surface area contributed by atoms with Crippen molar-refractivity contribution in [2.75, 3.05) is 33.0 Å². The topological polar surface area (TPSA) is 122 Å². The fourth-order valence-corrected chi connectivity index (χ4v) is 8.57. The second kappa shape index (κ2) is 11.5. The van der Waals surface area contributed by atoms with Gasteiger partial charge in [-0.15, -0.1) is 0 Å². The molecule has 1 N–H and O–H groups in total. The summed E-state index contributed by atoms with van der Waals surface area (Å²) in [5.74, 6) is 0.195. The quantitative estimate of drug-likeness (QED) is 0.289. The normalized spacial score (nSPS) is 15.8. The predicted molar refractivity (Wildman–Crippen MR) is 122 cm³/mol. The Bertz CT molecular complexity index is 853. The van der Waals surface area contributed by atoms with Crippen LogP contribution in [0.5, 0.6) is 5.75 Å². The lowest BCUT2D eigenvalue weighted by Crippen LogP contribution is -2.42. The number of nitrogens with zero attached hydrogens (tertiary/aromatic N) is 1. The molecule has 0 atom stereocenters. The van der Waals surface area contributed by atoms with Crippen molar-refractivity contribution in [1.29, 1.82) is 0 Å². The Morgan fingerprint density at radius 3 is 1.75 bits per heavy atom. The molecule has 0 amide bonds. The van der Waals surface area contributed by atoms with E-state index in [9.17, 15) is 13.9 Å². The van der Waals surface area contributed by atoms with E-state index in [1.54, 1.807) is 52.0 Å². The molecule has 12 heteroatoms. The first-order valence-electron chi connectivity index (χ1n) is 10.7. The number of hydrazone groups is 1. The summed E-state index contributed by atoms with van der Waals surface area (Å²) in [6.07, 6.45) is -0.326. The van der Waals surface area contributed by atoms with E-state index in [4.69, 9.17) is 22.8 Å². The Labute approximate surface area is 189 Å². The maximum Gasteiger partial charge on any atom is 0.370 e. The molecule has 1 aliphatic heterocycles. The zero-order chi connectivity index (χ0) is 23.8. The number of benzene rings is 1. The van der Waals surface area contributed by atoms with Gasteiger partial charge in [-0.25, -0.2) is 0 Å². The molecule has 0 aliphatic carbocycles. The SMILES string of the molecule is CCOc1ccc(C(=O)C2=NNC(P(=O)(OCC)OCC)(P(=O)(OCC)OCC)C2)cc1. The van der Waals surface area contributed by atoms with Crippen LogP contribution < -0.4 is 10.2 Å². The summed E-state index contributed by atoms with van der Waals surface area (Å²) in [6, 6.07) is 6.55. The Kier molecular flexibility index (Phi) is 9.64. The van der Waals surface area contributed by atoms with Gasteiger partial charge in [0.15, 0.2) is 0 Å². The third kappa shape index (κ3) is 5.16. The lowest BCUT2D eigenvalue weighted by Gasteiger charge is -2.38. The first-order valence-corrected chi connectivity index (χ1v) is 13.7. The van der Waals surface area contributed by atoms with Gasteiger partial charge in [-0.3, -0.25) is 19.4 Å². The maximum absolute atomic E-state index is 13.9. The van der Waals surface area contributed by atoms with Crippen molar-refractivity contribution in [2.24, 2.45) is 5.10 Å². The second-order valence-corrected chi connectivity index (χ2v) is 11.5. The van der Waals surface area contributed by atoms with Crippen LogP contribution in [0.4, 0.5) is 0 Å². The van der Waals surface area contributed by atoms with E-state index in [1.807, 2.05) is 6.92 Å². The van der Waals surface area contributed by atoms with Crippen LogP contribution in [0.3, 0.4) is 0 Å². The van der Waals surface area contributed by atoms with Crippen LogP contribution in [-0.4, -0.2) is 49.6 Å². The summed E-state index contributed by atoms with van der Waals surface area (Å²) >= 11 is 0. The number of ketones is 1. The van der Waals surface area contributed by atoms with Crippen molar-refractivity contribution in [2.45, 2.75) is 46.1 Å². The van der Waals surface area contributed by atoms with E-state index in [0.717, 1.165) is 0 Å². The highest BCUT2D eigenvalue weighted by molar-refractivity contribution is 7.74. The molecule has 1 heterocycles. The first kappa shape index (κ1) is 26.7. The van der Waals surface area contributed by atoms with E-state index in [-0.39, 0.29) is 38.6 Å². The molecule has 32 heavy (non-hydrogen) atoms. The van der Waals surface area contributed by atoms with Gasteiger partial charge in [-0.2, -0.15) is 5.10 Å². The van der Waals surface area contributed by atoms with Crippen LogP contribution in [0.1, 0.15) is 51.4 Å². The van der Waals surface area contributed by atoms with E-state index < -0.39 is 26.0 Å². The summed E-state index contributed by atoms with van der Waals surface area (Å²) in [5, 5.41) is 2.12. The van der Waals surface area contributed by atoms with Crippen LogP contribution in [0.15, 0.2) is 29.4 Å². The van der Waals surface area contributed by atoms with Gasteiger partial charge in [-0.05, 0) is 58.9 Å². The molecule has 180 valence electrons. The lowest BCUT2D eigenvalue weighted by atomic mass is 10.1. The van der Waals surface area contributed by atoms with Crippen molar-refractivity contribution in [1.82, 2.24) is 5.43 Å². The van der Waals surface area contributed by atoms with Gasteiger partial charge in [0.1, 0.15) is 11.5 Å². The molecule has 0 bridgehead atoms. The van der Waals surface area contributed by atoms with Gasteiger partial charge in [0.05, 0.1) is 33.0 Å². The smallest absolute Gasteiger partial charge is 0.370 e. The van der Waals surface area contributed by atoms with Crippen molar-refractivity contribution in [3.05, 3.63) is 29.8 Å². The molecule has 0 saturated heterocycles. The van der Waals surface area contributed by atoms with Crippen LogP contribution >= 0.6 is 15.2 Å². The minimum Gasteiger partial charge on any atom is -0.494 e. The van der Waals surface area contributed by atoms with E-state index in [2.05, 4.69) is 10.5 Å². The summed E-state index contributed by atoms with van der Waals surface area (Å²) in [5.41, 5.74) is 2.99. The minimum atomic E-state index is -4.18. The van der Waals surface area contributed by atoms with Crippen LogP contribution in [0.25, 0.3) is 0 Å². The highest BCUT2D eigenvalue weighted by Gasteiger charge is 2.68. The zero-order valence-corrected chi connectivity index (χ0v) is 20.9. The third-order valence-corrected chi connectivity index (χ3v) is 10.8. The summed E-state index contributed by atoms with van der Waals surface area (Å²) in [4.78, 5) is 13.1. The number of carbonyl (C=O) groups is 1. The predicted octanol–water partition coefficient (Wildman–Crippen LogP) is 4.80. The molecule has 2 rings (SSSR count). The fourth-order valence-electron chi connectivity index (χ4n) is 3.28. The van der Waals surface area contributed by atoms with E-state index in [1.165, 1.54) is 0 Å². The summed E-state index contributed by atoms with van der Waals surface area (Å²) in [6.45, 7) is 8.95. The van der Waals surface area contributed by atoms with Crippen molar-refractivity contribution < 1.29 is 36.8 Å². The van der Waals surface area contributed by atoms with Crippen molar-refractivity contribution >= 4 is 26.7 Å². The molecule has 10 nitrogen and oxygen atoms in total. The molecule has 0 aromatic heterocycles. The molecule has 0 unspecified atom stereocenters. The molecule has 1 aromatic rings. The lowest BCUT2D eigenvalue weighted by molar-refractivity contribution is 0.106. The number of Topliss-reactive ketones (excluding diaryl/α,β-unsaturated/α-hetero) is 1. The largest absolute Gasteiger partial charge is 0.494 e. The van der Waals surface area contributed by atoms with E-state index in [0.29, 0.717) is 17.9 Å². The highest BCUT2D eigenvalue weighted by Crippen LogP contribution is 2.78. The number of carbonyl (C=O) groups excluding carboxylic acids is 1. The second-order valence-electron chi connectivity index (χ2n) is 6.62. The van der Waals surface area contributed by atoms with Gasteiger partial charge in [-0.1, -0.05) is 0 Å². The monoisotopic (exact) mass is 490 g/mol.